The first kappa shape index (κ1) is 19.1. The molecule has 1 aliphatic rings. The predicted octanol–water partition coefficient (Wildman–Crippen LogP) is 2.42. The van der Waals surface area contributed by atoms with Crippen LogP contribution in [0.5, 0.6) is 11.5 Å². The fourth-order valence-corrected chi connectivity index (χ4v) is 2.95. The van der Waals surface area contributed by atoms with E-state index < -0.39 is 5.41 Å². The molecule has 6 heteroatoms. The van der Waals surface area contributed by atoms with Crippen LogP contribution in [0.4, 0.5) is 0 Å². The Morgan fingerprint density at radius 2 is 1.52 bits per heavy atom. The summed E-state index contributed by atoms with van der Waals surface area (Å²) in [6.07, 6.45) is 0.779. The summed E-state index contributed by atoms with van der Waals surface area (Å²) in [5.74, 6) is 1.21. The maximum Gasteiger partial charge on any atom is 0.254 e. The van der Waals surface area contributed by atoms with Crippen molar-refractivity contribution in [2.45, 2.75) is 27.2 Å². The fourth-order valence-electron chi connectivity index (χ4n) is 2.95. The van der Waals surface area contributed by atoms with Crippen LogP contribution in [0.1, 0.15) is 37.6 Å². The van der Waals surface area contributed by atoms with Crippen molar-refractivity contribution in [1.29, 1.82) is 0 Å². The average molecular weight is 348 g/mol. The highest BCUT2D eigenvalue weighted by molar-refractivity contribution is 5.95. The van der Waals surface area contributed by atoms with Crippen LogP contribution in [0.3, 0.4) is 0 Å². The van der Waals surface area contributed by atoms with Gasteiger partial charge in [0.15, 0.2) is 11.5 Å². The number of hydrogen-bond donors (Lipinski definition) is 0. The molecule has 0 aromatic heterocycles. The van der Waals surface area contributed by atoms with E-state index >= 15 is 0 Å². The number of benzene rings is 1. The number of methoxy groups -OCH3 is 2. The first-order valence-electron chi connectivity index (χ1n) is 8.58. The van der Waals surface area contributed by atoms with E-state index in [0.29, 0.717) is 43.2 Å². The van der Waals surface area contributed by atoms with E-state index in [1.807, 2.05) is 25.7 Å². The van der Waals surface area contributed by atoms with Crippen molar-refractivity contribution >= 4 is 11.8 Å². The largest absolute Gasteiger partial charge is 0.493 e. The lowest BCUT2D eigenvalue weighted by molar-refractivity contribution is -0.139. The minimum atomic E-state index is -0.400. The summed E-state index contributed by atoms with van der Waals surface area (Å²) in [6, 6.07) is 5.18. The highest BCUT2D eigenvalue weighted by Gasteiger charge is 2.29. The molecule has 0 spiro atoms. The first-order valence-corrected chi connectivity index (χ1v) is 8.58. The van der Waals surface area contributed by atoms with Crippen LogP contribution in [-0.2, 0) is 4.79 Å². The summed E-state index contributed by atoms with van der Waals surface area (Å²) < 4.78 is 10.5. The summed E-state index contributed by atoms with van der Waals surface area (Å²) in [7, 11) is 3.11. The second-order valence-electron chi connectivity index (χ2n) is 7.26. The molecule has 1 heterocycles. The first-order chi connectivity index (χ1) is 11.8. The summed E-state index contributed by atoms with van der Waals surface area (Å²) in [6.45, 7) is 8.20. The van der Waals surface area contributed by atoms with Gasteiger partial charge < -0.3 is 19.3 Å². The van der Waals surface area contributed by atoms with Crippen LogP contribution in [0.2, 0.25) is 0 Å². The van der Waals surface area contributed by atoms with Gasteiger partial charge in [-0.25, -0.2) is 0 Å². The molecule has 0 bridgehead atoms. The second-order valence-corrected chi connectivity index (χ2v) is 7.26. The Morgan fingerprint density at radius 3 is 2.12 bits per heavy atom. The van der Waals surface area contributed by atoms with Gasteiger partial charge in [0.05, 0.1) is 14.2 Å². The quantitative estimate of drug-likeness (QED) is 0.842. The van der Waals surface area contributed by atoms with Gasteiger partial charge in [0.25, 0.3) is 5.91 Å². The third-order valence-corrected chi connectivity index (χ3v) is 4.34. The highest BCUT2D eigenvalue weighted by Crippen LogP contribution is 2.28. The van der Waals surface area contributed by atoms with Crippen molar-refractivity contribution < 1.29 is 19.1 Å². The zero-order chi connectivity index (χ0) is 18.6. The number of ether oxygens (including phenoxy) is 2. The SMILES string of the molecule is COc1ccc(C(=O)N2CCCN(C(=O)C(C)(C)C)CC2)cc1OC. The van der Waals surface area contributed by atoms with E-state index in [0.717, 1.165) is 6.42 Å². The number of rotatable bonds is 3. The van der Waals surface area contributed by atoms with E-state index in [-0.39, 0.29) is 11.8 Å². The Kier molecular flexibility index (Phi) is 5.93. The maximum absolute atomic E-state index is 12.8. The molecule has 0 aliphatic carbocycles. The lowest BCUT2D eigenvalue weighted by Crippen LogP contribution is -2.42. The normalized spacial score (nSPS) is 15.6. The van der Waals surface area contributed by atoms with E-state index in [1.54, 1.807) is 37.3 Å². The molecule has 0 N–H and O–H groups in total. The molecular formula is C19H28N2O4. The topological polar surface area (TPSA) is 59.1 Å². The monoisotopic (exact) mass is 348 g/mol. The molecule has 2 amide bonds. The summed E-state index contributed by atoms with van der Waals surface area (Å²) in [5, 5.41) is 0. The van der Waals surface area contributed by atoms with Gasteiger partial charge >= 0.3 is 0 Å². The molecule has 1 fully saturated rings. The Balaban J connectivity index is 2.10. The molecule has 138 valence electrons. The van der Waals surface area contributed by atoms with Gasteiger partial charge in [0, 0.05) is 37.2 Å². The smallest absolute Gasteiger partial charge is 0.254 e. The predicted molar refractivity (Wildman–Crippen MR) is 96.1 cm³/mol. The minimum absolute atomic E-state index is 0.0500. The zero-order valence-electron chi connectivity index (χ0n) is 15.8. The van der Waals surface area contributed by atoms with E-state index in [4.69, 9.17) is 9.47 Å². The molecule has 0 atom stereocenters. The van der Waals surface area contributed by atoms with Gasteiger partial charge in [0.1, 0.15) is 0 Å². The van der Waals surface area contributed by atoms with E-state index in [9.17, 15) is 9.59 Å². The van der Waals surface area contributed by atoms with Crippen molar-refractivity contribution in [2.24, 2.45) is 5.41 Å². The standard InChI is InChI=1S/C19H28N2O4/c1-19(2,3)18(23)21-10-6-9-20(11-12-21)17(22)14-7-8-15(24-4)16(13-14)25-5/h7-8,13H,6,9-12H2,1-5H3. The molecule has 1 aromatic carbocycles. The third kappa shape index (κ3) is 4.44. The minimum Gasteiger partial charge on any atom is -0.493 e. The van der Waals surface area contributed by atoms with Crippen molar-refractivity contribution in [1.82, 2.24) is 9.80 Å². The average Bonchev–Trinajstić information content (AvgIpc) is 2.84. The fraction of sp³-hybridized carbons (Fsp3) is 0.579. The van der Waals surface area contributed by atoms with Crippen LogP contribution in [0.25, 0.3) is 0 Å². The van der Waals surface area contributed by atoms with Crippen LogP contribution >= 0.6 is 0 Å². The Hall–Kier alpha value is -2.24. The lowest BCUT2D eigenvalue weighted by atomic mass is 9.94. The van der Waals surface area contributed by atoms with Gasteiger partial charge in [0.2, 0.25) is 5.91 Å². The number of nitrogens with zero attached hydrogens (tertiary/aromatic N) is 2. The van der Waals surface area contributed by atoms with Gasteiger partial charge in [-0.05, 0) is 24.6 Å². The zero-order valence-corrected chi connectivity index (χ0v) is 15.8. The Morgan fingerprint density at radius 1 is 0.920 bits per heavy atom. The lowest BCUT2D eigenvalue weighted by Gasteiger charge is -2.28. The number of carbonyl (C=O) groups excluding carboxylic acids is 2. The summed E-state index contributed by atoms with van der Waals surface area (Å²) in [4.78, 5) is 29.0. The van der Waals surface area contributed by atoms with Crippen LogP contribution < -0.4 is 9.47 Å². The molecule has 2 rings (SSSR count). The molecule has 0 saturated carbocycles. The summed E-state index contributed by atoms with van der Waals surface area (Å²) in [5.41, 5.74) is 0.163. The Labute approximate surface area is 149 Å². The van der Waals surface area contributed by atoms with E-state index in [1.165, 1.54) is 0 Å². The molecule has 0 unspecified atom stereocenters. The summed E-state index contributed by atoms with van der Waals surface area (Å²) >= 11 is 0. The second kappa shape index (κ2) is 7.76. The highest BCUT2D eigenvalue weighted by atomic mass is 16.5. The molecule has 1 aliphatic heterocycles. The molecular weight excluding hydrogens is 320 g/mol. The van der Waals surface area contributed by atoms with Crippen LogP contribution in [0.15, 0.2) is 18.2 Å². The van der Waals surface area contributed by atoms with Crippen molar-refractivity contribution in [3.8, 4) is 11.5 Å². The molecule has 1 aromatic rings. The number of amides is 2. The van der Waals surface area contributed by atoms with Gasteiger partial charge in [-0.15, -0.1) is 0 Å². The van der Waals surface area contributed by atoms with Gasteiger partial charge in [-0.3, -0.25) is 9.59 Å². The van der Waals surface area contributed by atoms with Crippen LogP contribution in [0, 0.1) is 5.41 Å². The van der Waals surface area contributed by atoms with Crippen LogP contribution in [-0.4, -0.2) is 62.0 Å². The molecule has 25 heavy (non-hydrogen) atoms. The van der Waals surface area contributed by atoms with Crippen molar-refractivity contribution in [2.75, 3.05) is 40.4 Å². The molecule has 0 radical (unpaired) electrons. The maximum atomic E-state index is 12.8. The number of hydrogen-bond acceptors (Lipinski definition) is 4. The van der Waals surface area contributed by atoms with Crippen molar-refractivity contribution in [3.05, 3.63) is 23.8 Å². The van der Waals surface area contributed by atoms with Gasteiger partial charge in [-0.2, -0.15) is 0 Å². The molecule has 6 nitrogen and oxygen atoms in total. The van der Waals surface area contributed by atoms with Gasteiger partial charge in [-0.1, -0.05) is 20.8 Å². The third-order valence-electron chi connectivity index (χ3n) is 4.34. The molecule has 1 saturated heterocycles. The number of carbonyl (C=O) groups is 2. The Bertz CT molecular complexity index is 637. The van der Waals surface area contributed by atoms with E-state index in [2.05, 4.69) is 0 Å². The van der Waals surface area contributed by atoms with Crippen molar-refractivity contribution in [3.63, 3.8) is 0 Å².